The van der Waals surface area contributed by atoms with Crippen LogP contribution in [0, 0.1) is 11.8 Å². The molecule has 3 N–H and O–H groups in total. The number of carbonyl (C=O) groups is 2. The monoisotopic (exact) mass is 274 g/mol. The first kappa shape index (κ1) is 17.7. The summed E-state index contributed by atoms with van der Waals surface area (Å²) in [5, 5.41) is 14.1. The van der Waals surface area contributed by atoms with Crippen molar-refractivity contribution in [3.63, 3.8) is 0 Å². The van der Waals surface area contributed by atoms with Gasteiger partial charge in [-0.15, -0.1) is 0 Å². The molecule has 0 aliphatic heterocycles. The van der Waals surface area contributed by atoms with Gasteiger partial charge in [-0.05, 0) is 26.2 Å². The number of urea groups is 1. The maximum atomic E-state index is 11.5. The summed E-state index contributed by atoms with van der Waals surface area (Å²) in [5.74, 6) is -1.02. The highest BCUT2D eigenvalue weighted by Gasteiger charge is 2.20. The summed E-state index contributed by atoms with van der Waals surface area (Å²) in [6.45, 7) is 9.24. The maximum Gasteiger partial charge on any atom is 0.315 e. The van der Waals surface area contributed by atoms with E-state index in [4.69, 9.17) is 9.84 Å². The number of hydrogen-bond donors (Lipinski definition) is 3. The molecular formula is C13H26N2O4. The molecule has 6 heteroatoms. The number of carboxylic acids is 1. The highest BCUT2D eigenvalue weighted by atomic mass is 16.5. The minimum absolute atomic E-state index is 0.343. The van der Waals surface area contributed by atoms with Gasteiger partial charge in [0.15, 0.2) is 0 Å². The molecule has 0 fully saturated rings. The molecule has 0 bridgehead atoms. The summed E-state index contributed by atoms with van der Waals surface area (Å²) in [6.07, 6.45) is 0.739. The van der Waals surface area contributed by atoms with Crippen molar-refractivity contribution in [1.29, 1.82) is 0 Å². The average molecular weight is 274 g/mol. The smallest absolute Gasteiger partial charge is 0.315 e. The molecule has 0 spiro atoms. The first-order chi connectivity index (χ1) is 8.84. The number of hydrogen-bond acceptors (Lipinski definition) is 3. The zero-order valence-corrected chi connectivity index (χ0v) is 12.2. The van der Waals surface area contributed by atoms with Crippen LogP contribution in [0.15, 0.2) is 0 Å². The lowest BCUT2D eigenvalue weighted by Gasteiger charge is -2.18. The number of carbonyl (C=O) groups excluding carboxylic acids is 1. The topological polar surface area (TPSA) is 87.7 Å². The van der Waals surface area contributed by atoms with Gasteiger partial charge in [-0.1, -0.05) is 13.8 Å². The van der Waals surface area contributed by atoms with Gasteiger partial charge >= 0.3 is 12.0 Å². The van der Waals surface area contributed by atoms with Gasteiger partial charge in [0.25, 0.3) is 0 Å². The van der Waals surface area contributed by atoms with E-state index in [1.54, 1.807) is 13.8 Å². The molecule has 19 heavy (non-hydrogen) atoms. The van der Waals surface area contributed by atoms with E-state index in [2.05, 4.69) is 24.5 Å². The minimum Gasteiger partial charge on any atom is -0.481 e. The zero-order valence-electron chi connectivity index (χ0n) is 12.2. The lowest BCUT2D eigenvalue weighted by molar-refractivity contribution is -0.141. The molecule has 0 heterocycles. The zero-order chi connectivity index (χ0) is 14.8. The number of amides is 2. The van der Waals surface area contributed by atoms with E-state index < -0.39 is 17.9 Å². The Bertz CT molecular complexity index is 282. The summed E-state index contributed by atoms with van der Waals surface area (Å²) < 4.78 is 5.38. The van der Waals surface area contributed by atoms with E-state index in [1.165, 1.54) is 0 Å². The number of rotatable bonds is 9. The average Bonchev–Trinajstić information content (AvgIpc) is 2.31. The van der Waals surface area contributed by atoms with E-state index in [1.807, 2.05) is 0 Å². The largest absolute Gasteiger partial charge is 0.481 e. The SMILES string of the molecule is CC(C)COCCCNC(=O)NC(C)C(C)C(=O)O. The van der Waals surface area contributed by atoms with Crippen molar-refractivity contribution in [1.82, 2.24) is 10.6 Å². The molecule has 112 valence electrons. The third kappa shape index (κ3) is 9.30. The molecule has 2 atom stereocenters. The second kappa shape index (κ2) is 9.61. The summed E-state index contributed by atoms with van der Waals surface area (Å²) in [5.41, 5.74) is 0. The van der Waals surface area contributed by atoms with Crippen LogP contribution >= 0.6 is 0 Å². The molecule has 0 aromatic rings. The van der Waals surface area contributed by atoms with Crippen LogP contribution in [0.5, 0.6) is 0 Å². The van der Waals surface area contributed by atoms with Crippen LogP contribution in [0.4, 0.5) is 4.79 Å². The summed E-state index contributed by atoms with van der Waals surface area (Å²) in [6, 6.07) is -0.751. The molecule has 0 saturated carbocycles. The number of ether oxygens (including phenoxy) is 1. The fraction of sp³-hybridized carbons (Fsp3) is 0.846. The van der Waals surface area contributed by atoms with E-state index >= 15 is 0 Å². The fourth-order valence-electron chi connectivity index (χ4n) is 1.29. The van der Waals surface area contributed by atoms with Crippen LogP contribution in [0.25, 0.3) is 0 Å². The Hall–Kier alpha value is -1.30. The lowest BCUT2D eigenvalue weighted by atomic mass is 10.0. The van der Waals surface area contributed by atoms with Gasteiger partial charge < -0.3 is 20.5 Å². The van der Waals surface area contributed by atoms with Crippen molar-refractivity contribution >= 4 is 12.0 Å². The van der Waals surface area contributed by atoms with Crippen LogP contribution in [-0.4, -0.2) is 42.9 Å². The number of aliphatic carboxylic acids is 1. The van der Waals surface area contributed by atoms with Crippen molar-refractivity contribution in [2.24, 2.45) is 11.8 Å². The standard InChI is InChI=1S/C13H26N2O4/c1-9(2)8-19-7-5-6-14-13(18)15-11(4)10(3)12(16)17/h9-11H,5-8H2,1-4H3,(H,16,17)(H2,14,15,18). The fourth-order valence-corrected chi connectivity index (χ4v) is 1.29. The van der Waals surface area contributed by atoms with Crippen molar-refractivity contribution in [3.8, 4) is 0 Å². The first-order valence-electron chi connectivity index (χ1n) is 6.69. The van der Waals surface area contributed by atoms with Gasteiger partial charge in [-0.2, -0.15) is 0 Å². The van der Waals surface area contributed by atoms with Crippen LogP contribution in [-0.2, 0) is 9.53 Å². The van der Waals surface area contributed by atoms with Gasteiger partial charge in [0.05, 0.1) is 5.92 Å². The van der Waals surface area contributed by atoms with Gasteiger partial charge in [0.1, 0.15) is 0 Å². The van der Waals surface area contributed by atoms with Gasteiger partial charge in [-0.25, -0.2) is 4.79 Å². The number of carboxylic acid groups (broad SMARTS) is 1. The van der Waals surface area contributed by atoms with Crippen LogP contribution in [0.3, 0.4) is 0 Å². The minimum atomic E-state index is -0.921. The number of nitrogens with one attached hydrogen (secondary N) is 2. The van der Waals surface area contributed by atoms with Gasteiger partial charge in [0, 0.05) is 25.8 Å². The Labute approximate surface area is 114 Å². The second-order valence-electron chi connectivity index (χ2n) is 5.14. The molecule has 0 aliphatic rings. The Morgan fingerprint density at radius 1 is 1.21 bits per heavy atom. The summed E-state index contributed by atoms with van der Waals surface area (Å²) in [4.78, 5) is 22.2. The lowest BCUT2D eigenvalue weighted by Crippen LogP contribution is -2.45. The predicted octanol–water partition coefficient (Wildman–Crippen LogP) is 1.46. The first-order valence-corrected chi connectivity index (χ1v) is 6.69. The Morgan fingerprint density at radius 3 is 2.37 bits per heavy atom. The highest BCUT2D eigenvalue weighted by Crippen LogP contribution is 2.01. The predicted molar refractivity (Wildman–Crippen MR) is 73.1 cm³/mol. The summed E-state index contributed by atoms with van der Waals surface area (Å²) in [7, 11) is 0. The van der Waals surface area contributed by atoms with Crippen LogP contribution in [0.1, 0.15) is 34.1 Å². The van der Waals surface area contributed by atoms with Crippen molar-refractivity contribution in [2.45, 2.75) is 40.2 Å². The normalized spacial score (nSPS) is 13.9. The molecule has 6 nitrogen and oxygen atoms in total. The summed E-state index contributed by atoms with van der Waals surface area (Å²) >= 11 is 0. The Balaban J connectivity index is 3.62. The van der Waals surface area contributed by atoms with Gasteiger partial charge in [0.2, 0.25) is 0 Å². The van der Waals surface area contributed by atoms with E-state index in [0.29, 0.717) is 19.1 Å². The quantitative estimate of drug-likeness (QED) is 0.555. The molecule has 0 saturated heterocycles. The van der Waals surface area contributed by atoms with Crippen LogP contribution < -0.4 is 10.6 Å². The molecule has 0 radical (unpaired) electrons. The molecule has 0 aromatic carbocycles. The third-order valence-corrected chi connectivity index (χ3v) is 2.70. The second-order valence-corrected chi connectivity index (χ2v) is 5.14. The molecular weight excluding hydrogens is 248 g/mol. The third-order valence-electron chi connectivity index (χ3n) is 2.70. The Morgan fingerprint density at radius 2 is 1.84 bits per heavy atom. The van der Waals surface area contributed by atoms with Crippen LogP contribution in [0.2, 0.25) is 0 Å². The van der Waals surface area contributed by atoms with Crippen molar-refractivity contribution < 1.29 is 19.4 Å². The molecule has 2 amide bonds. The molecule has 2 unspecified atom stereocenters. The Kier molecular flexibility index (Phi) is 8.95. The maximum absolute atomic E-state index is 11.5. The highest BCUT2D eigenvalue weighted by molar-refractivity contribution is 5.76. The van der Waals surface area contributed by atoms with Gasteiger partial charge in [-0.3, -0.25) is 4.79 Å². The van der Waals surface area contributed by atoms with Crippen molar-refractivity contribution in [3.05, 3.63) is 0 Å². The molecule has 0 aliphatic carbocycles. The van der Waals surface area contributed by atoms with E-state index in [-0.39, 0.29) is 6.03 Å². The van der Waals surface area contributed by atoms with E-state index in [9.17, 15) is 9.59 Å². The van der Waals surface area contributed by atoms with Crippen molar-refractivity contribution in [2.75, 3.05) is 19.8 Å². The van der Waals surface area contributed by atoms with E-state index in [0.717, 1.165) is 13.0 Å². The molecule has 0 rings (SSSR count). The molecule has 0 aromatic heterocycles.